The highest BCUT2D eigenvalue weighted by Gasteiger charge is 2.40. The van der Waals surface area contributed by atoms with Crippen LogP contribution in [0.25, 0.3) is 0 Å². The molecule has 3 aliphatic rings. The molecule has 6 nitrogen and oxygen atoms in total. The number of nitrogens with zero attached hydrogens (tertiary/aromatic N) is 2. The van der Waals surface area contributed by atoms with Crippen molar-refractivity contribution in [1.29, 1.82) is 0 Å². The van der Waals surface area contributed by atoms with E-state index in [9.17, 15) is 22.0 Å². The molecule has 1 aromatic heterocycles. The summed E-state index contributed by atoms with van der Waals surface area (Å²) in [5, 5.41) is 0. The van der Waals surface area contributed by atoms with E-state index in [0.717, 1.165) is 47.2 Å². The predicted octanol–water partition coefficient (Wildman–Crippen LogP) is 4.27. The summed E-state index contributed by atoms with van der Waals surface area (Å²) in [5.41, 5.74) is 0. The van der Waals surface area contributed by atoms with Gasteiger partial charge in [0.1, 0.15) is 28.1 Å². The zero-order chi connectivity index (χ0) is 23.3. The van der Waals surface area contributed by atoms with E-state index in [4.69, 9.17) is 4.42 Å². The topological polar surface area (TPSA) is 70.8 Å². The molecule has 1 aromatic carbocycles. The summed E-state index contributed by atoms with van der Waals surface area (Å²) in [6.07, 6.45) is 3.76. The molecule has 2 saturated carbocycles. The minimum Gasteiger partial charge on any atom is -0.464 e. The third-order valence-corrected chi connectivity index (χ3v) is 8.98. The van der Waals surface area contributed by atoms with Gasteiger partial charge in [0, 0.05) is 31.0 Å². The summed E-state index contributed by atoms with van der Waals surface area (Å²) in [7, 11) is -4.16. The molecule has 9 heteroatoms. The molecule has 1 saturated heterocycles. The van der Waals surface area contributed by atoms with Gasteiger partial charge in [-0.05, 0) is 68.4 Å². The van der Waals surface area contributed by atoms with Crippen LogP contribution in [-0.2, 0) is 21.4 Å². The third-order valence-electron chi connectivity index (χ3n) is 7.07. The lowest BCUT2D eigenvalue weighted by molar-refractivity contribution is -0.138. The van der Waals surface area contributed by atoms with Crippen LogP contribution in [0.3, 0.4) is 0 Å². The van der Waals surface area contributed by atoms with Gasteiger partial charge in [0.2, 0.25) is 15.9 Å². The zero-order valence-electron chi connectivity index (χ0n) is 18.5. The first-order chi connectivity index (χ1) is 15.7. The van der Waals surface area contributed by atoms with E-state index in [2.05, 4.69) is 6.92 Å². The summed E-state index contributed by atoms with van der Waals surface area (Å²) in [6, 6.07) is 6.57. The van der Waals surface area contributed by atoms with Crippen LogP contribution in [-0.4, -0.2) is 42.7 Å². The first-order valence-electron chi connectivity index (χ1n) is 11.6. The Morgan fingerprint density at radius 1 is 1.12 bits per heavy atom. The lowest BCUT2D eigenvalue weighted by Crippen LogP contribution is -2.45. The van der Waals surface area contributed by atoms with Crippen molar-refractivity contribution in [3.8, 4) is 0 Å². The summed E-state index contributed by atoms with van der Waals surface area (Å²) in [5.74, 6) is 0.835. The van der Waals surface area contributed by atoms with Crippen molar-refractivity contribution in [2.75, 3.05) is 13.1 Å². The maximum Gasteiger partial charge on any atom is 0.246 e. The van der Waals surface area contributed by atoms with E-state index in [1.54, 1.807) is 0 Å². The van der Waals surface area contributed by atoms with Gasteiger partial charge in [0.25, 0.3) is 0 Å². The summed E-state index contributed by atoms with van der Waals surface area (Å²) >= 11 is 0. The largest absolute Gasteiger partial charge is 0.464 e. The Labute approximate surface area is 192 Å². The van der Waals surface area contributed by atoms with Crippen LogP contribution in [0.1, 0.15) is 56.5 Å². The molecule has 2 aromatic rings. The van der Waals surface area contributed by atoms with Gasteiger partial charge in [-0.25, -0.2) is 17.2 Å². The lowest BCUT2D eigenvalue weighted by Gasteiger charge is -2.33. The molecule has 1 aliphatic heterocycles. The van der Waals surface area contributed by atoms with Gasteiger partial charge in [0.15, 0.2) is 0 Å². The van der Waals surface area contributed by atoms with Crippen molar-refractivity contribution in [3.05, 3.63) is 53.5 Å². The second kappa shape index (κ2) is 8.51. The predicted molar refractivity (Wildman–Crippen MR) is 117 cm³/mol. The van der Waals surface area contributed by atoms with Gasteiger partial charge in [-0.15, -0.1) is 0 Å². The molecule has 2 aliphatic carbocycles. The molecular formula is C24H28F2N2O4S. The average molecular weight is 479 g/mol. The number of piperidine rings is 1. The Hall–Kier alpha value is -2.26. The van der Waals surface area contributed by atoms with Gasteiger partial charge in [-0.3, -0.25) is 4.79 Å². The molecule has 0 spiro atoms. The Morgan fingerprint density at radius 2 is 1.82 bits per heavy atom. The van der Waals surface area contributed by atoms with Crippen LogP contribution < -0.4 is 0 Å². The monoisotopic (exact) mass is 478 g/mol. The van der Waals surface area contributed by atoms with E-state index < -0.39 is 26.6 Å². The number of rotatable bonds is 7. The second-order valence-electron chi connectivity index (χ2n) is 9.57. The van der Waals surface area contributed by atoms with E-state index in [1.807, 2.05) is 17.0 Å². The summed E-state index contributed by atoms with van der Waals surface area (Å²) in [6.45, 7) is 2.81. The van der Waals surface area contributed by atoms with Crippen molar-refractivity contribution in [2.45, 2.75) is 62.4 Å². The van der Waals surface area contributed by atoms with Crippen molar-refractivity contribution < 1.29 is 26.4 Å². The molecule has 3 fully saturated rings. The molecule has 0 radical (unpaired) electrons. The number of carbonyl (C=O) groups is 1. The molecule has 178 valence electrons. The van der Waals surface area contributed by atoms with Crippen molar-refractivity contribution in [3.63, 3.8) is 0 Å². The second-order valence-corrected chi connectivity index (χ2v) is 11.5. The van der Waals surface area contributed by atoms with Crippen LogP contribution >= 0.6 is 0 Å². The average Bonchev–Trinajstić information content (AvgIpc) is 3.72. The third kappa shape index (κ3) is 4.57. The van der Waals surface area contributed by atoms with Crippen molar-refractivity contribution >= 4 is 15.9 Å². The molecule has 1 amide bonds. The number of sulfonamides is 1. The van der Waals surface area contributed by atoms with Gasteiger partial charge < -0.3 is 9.32 Å². The molecule has 2 atom stereocenters. The molecule has 2 unspecified atom stereocenters. The first kappa shape index (κ1) is 22.5. The fraction of sp³-hybridized carbons (Fsp3) is 0.542. The van der Waals surface area contributed by atoms with Crippen molar-refractivity contribution in [2.24, 2.45) is 11.8 Å². The van der Waals surface area contributed by atoms with Crippen LogP contribution in [0.4, 0.5) is 8.78 Å². The minimum absolute atomic E-state index is 0.0178. The number of hydrogen-bond acceptors (Lipinski definition) is 4. The van der Waals surface area contributed by atoms with E-state index in [-0.39, 0.29) is 31.0 Å². The zero-order valence-corrected chi connectivity index (χ0v) is 19.4. The molecule has 5 rings (SSSR count). The SMILES string of the molecule is CC1CC1c1ccc(CN(C(=O)C2CCN(S(=O)(=O)c3cc(F)ccc3F)CC2)C2CC2)o1. The maximum atomic E-state index is 14.1. The van der Waals surface area contributed by atoms with Gasteiger partial charge in [-0.1, -0.05) is 6.92 Å². The summed E-state index contributed by atoms with van der Waals surface area (Å²) < 4.78 is 60.4. The fourth-order valence-electron chi connectivity index (χ4n) is 4.73. The van der Waals surface area contributed by atoms with E-state index in [0.29, 0.717) is 37.3 Å². The highest BCUT2D eigenvalue weighted by molar-refractivity contribution is 7.89. The van der Waals surface area contributed by atoms with Crippen LogP contribution in [0.5, 0.6) is 0 Å². The normalized spacial score (nSPS) is 24.1. The van der Waals surface area contributed by atoms with Gasteiger partial charge >= 0.3 is 0 Å². The quantitative estimate of drug-likeness (QED) is 0.596. The van der Waals surface area contributed by atoms with Gasteiger partial charge in [-0.2, -0.15) is 4.31 Å². The Kier molecular flexibility index (Phi) is 5.81. The molecule has 33 heavy (non-hydrogen) atoms. The van der Waals surface area contributed by atoms with Crippen molar-refractivity contribution in [1.82, 2.24) is 9.21 Å². The molecular weight excluding hydrogens is 450 g/mol. The Balaban J connectivity index is 1.23. The standard InChI is InChI=1S/C24H28F2N2O4S/c1-15-12-20(15)22-7-5-19(32-22)14-28(18-3-4-18)24(29)16-8-10-27(11-9-16)33(30,31)23-13-17(25)2-6-21(23)26/h2,5-7,13,15-16,18,20H,3-4,8-12,14H2,1H3. The smallest absolute Gasteiger partial charge is 0.246 e. The highest BCUT2D eigenvalue weighted by Crippen LogP contribution is 2.47. The number of halogens is 2. The number of carbonyl (C=O) groups excluding carboxylic acids is 1. The Bertz CT molecular complexity index is 1150. The van der Waals surface area contributed by atoms with E-state index >= 15 is 0 Å². The molecule has 2 heterocycles. The van der Waals surface area contributed by atoms with Crippen LogP contribution in [0.2, 0.25) is 0 Å². The van der Waals surface area contributed by atoms with Crippen LogP contribution in [0, 0.1) is 23.5 Å². The Morgan fingerprint density at radius 3 is 2.45 bits per heavy atom. The number of benzene rings is 1. The number of amides is 1. The number of hydrogen-bond donors (Lipinski definition) is 0. The highest BCUT2D eigenvalue weighted by atomic mass is 32.2. The maximum absolute atomic E-state index is 14.1. The van der Waals surface area contributed by atoms with E-state index in [1.165, 1.54) is 0 Å². The minimum atomic E-state index is -4.16. The first-order valence-corrected chi connectivity index (χ1v) is 13.0. The number of furan rings is 1. The molecule has 0 N–H and O–H groups in total. The van der Waals surface area contributed by atoms with Crippen LogP contribution in [0.15, 0.2) is 39.6 Å². The fourth-order valence-corrected chi connectivity index (χ4v) is 6.28. The van der Waals surface area contributed by atoms with Gasteiger partial charge in [0.05, 0.1) is 6.54 Å². The molecule has 0 bridgehead atoms. The lowest BCUT2D eigenvalue weighted by atomic mass is 9.96. The summed E-state index contributed by atoms with van der Waals surface area (Å²) in [4.78, 5) is 14.5.